The zero-order chi connectivity index (χ0) is 19.7. The lowest BCUT2D eigenvalue weighted by atomic mass is 9.46. The van der Waals surface area contributed by atoms with Gasteiger partial charge in [-0.15, -0.1) is 0 Å². The highest BCUT2D eigenvalue weighted by molar-refractivity contribution is 6.33. The number of ketones is 3. The normalized spacial score (nSPS) is 46.2. The molecule has 0 heterocycles. The smallest absolute Gasteiger partial charge is 0.372 e. The molecule has 0 spiro atoms. The molecule has 0 aliphatic heterocycles. The highest BCUT2D eigenvalue weighted by Crippen LogP contribution is 2.65. The van der Waals surface area contributed by atoms with Gasteiger partial charge < -0.3 is 5.11 Å². The van der Waals surface area contributed by atoms with Crippen molar-refractivity contribution in [3.8, 4) is 0 Å². The van der Waals surface area contributed by atoms with Gasteiger partial charge in [-0.1, -0.05) is 13.8 Å². The number of carbonyl (C=O) groups excluding carboxylic acids is 3. The first-order valence-electron chi connectivity index (χ1n) is 9.78. The van der Waals surface area contributed by atoms with E-state index in [0.717, 1.165) is 0 Å². The Morgan fingerprint density at radius 1 is 1.22 bits per heavy atom. The molecule has 4 aliphatic rings. The predicted molar refractivity (Wildman–Crippen MR) is 93.5 cm³/mol. The largest absolute Gasteiger partial charge is 0.475 e. The molecule has 6 heteroatoms. The fourth-order valence-corrected chi connectivity index (χ4v) is 6.97. The van der Waals surface area contributed by atoms with Crippen molar-refractivity contribution in [1.29, 1.82) is 0 Å². The molecule has 1 N–H and O–H groups in total. The lowest BCUT2D eigenvalue weighted by Gasteiger charge is -2.57. The molecule has 5 nitrogen and oxygen atoms in total. The van der Waals surface area contributed by atoms with Gasteiger partial charge in [-0.3, -0.25) is 14.4 Å². The van der Waals surface area contributed by atoms with E-state index in [4.69, 9.17) is 0 Å². The average molecular weight is 376 g/mol. The highest BCUT2D eigenvalue weighted by Gasteiger charge is 2.65. The van der Waals surface area contributed by atoms with Gasteiger partial charge in [-0.2, -0.15) is 0 Å². The summed E-state index contributed by atoms with van der Waals surface area (Å²) >= 11 is 0. The second-order valence-corrected chi connectivity index (χ2v) is 9.38. The maximum Gasteiger partial charge on any atom is 0.372 e. The number of carbonyl (C=O) groups is 4. The molecule has 0 bridgehead atoms. The van der Waals surface area contributed by atoms with Crippen molar-refractivity contribution in [2.75, 3.05) is 0 Å². The van der Waals surface area contributed by atoms with E-state index in [1.165, 1.54) is 6.08 Å². The van der Waals surface area contributed by atoms with Crippen molar-refractivity contribution < 1.29 is 28.7 Å². The van der Waals surface area contributed by atoms with Gasteiger partial charge in [-0.05, 0) is 54.6 Å². The molecule has 3 fully saturated rings. The van der Waals surface area contributed by atoms with Crippen LogP contribution in [0.4, 0.5) is 4.39 Å². The van der Waals surface area contributed by atoms with Crippen LogP contribution in [-0.2, 0) is 19.2 Å². The molecular formula is C21H25FO5. The Hall–Kier alpha value is -1.85. The maximum absolute atomic E-state index is 15.1. The average Bonchev–Trinajstić information content (AvgIpc) is 2.92. The maximum atomic E-state index is 15.1. The van der Waals surface area contributed by atoms with Crippen molar-refractivity contribution in [3.63, 3.8) is 0 Å². The second-order valence-electron chi connectivity index (χ2n) is 9.38. The third-order valence-corrected chi connectivity index (χ3v) is 8.15. The van der Waals surface area contributed by atoms with E-state index in [1.54, 1.807) is 0 Å². The SMILES string of the molecule is C[C@]12CC(=O)[C@H]3[C@@H](CC(F)C4=CC(=O)CC[C@@]43C)[C@@H]1CC[C@@H]2C(=O)C(=O)O. The number of alkyl halides is 1. The Morgan fingerprint density at radius 3 is 2.59 bits per heavy atom. The molecule has 7 atom stereocenters. The first-order valence-corrected chi connectivity index (χ1v) is 9.78. The van der Waals surface area contributed by atoms with Crippen molar-refractivity contribution in [1.82, 2.24) is 0 Å². The molecule has 0 aromatic rings. The van der Waals surface area contributed by atoms with Crippen molar-refractivity contribution in [2.45, 2.75) is 58.5 Å². The van der Waals surface area contributed by atoms with Crippen LogP contribution in [0, 0.1) is 34.5 Å². The molecule has 4 aliphatic carbocycles. The van der Waals surface area contributed by atoms with Crippen LogP contribution in [0.2, 0.25) is 0 Å². The highest BCUT2D eigenvalue weighted by atomic mass is 19.1. The molecule has 0 aromatic heterocycles. The van der Waals surface area contributed by atoms with Crippen molar-refractivity contribution >= 4 is 23.3 Å². The minimum Gasteiger partial charge on any atom is -0.475 e. The number of aliphatic carboxylic acids is 1. The van der Waals surface area contributed by atoms with Crippen LogP contribution in [0.5, 0.6) is 0 Å². The van der Waals surface area contributed by atoms with Crippen molar-refractivity contribution in [3.05, 3.63) is 11.6 Å². The van der Waals surface area contributed by atoms with Crippen molar-refractivity contribution in [2.24, 2.45) is 34.5 Å². The Morgan fingerprint density at radius 2 is 1.93 bits per heavy atom. The second kappa shape index (κ2) is 5.82. The number of Topliss-reactive ketones (excluding diaryl/α,β-unsaturated/α-hetero) is 2. The number of rotatable bonds is 2. The molecule has 1 unspecified atom stereocenters. The van der Waals surface area contributed by atoms with E-state index >= 15 is 4.39 Å². The molecule has 4 rings (SSSR count). The summed E-state index contributed by atoms with van der Waals surface area (Å²) in [6.45, 7) is 3.75. The first-order chi connectivity index (χ1) is 12.6. The minimum atomic E-state index is -1.45. The summed E-state index contributed by atoms with van der Waals surface area (Å²) in [5, 5.41) is 9.17. The summed E-state index contributed by atoms with van der Waals surface area (Å²) in [4.78, 5) is 48.6. The van der Waals surface area contributed by atoms with Gasteiger partial charge >= 0.3 is 5.97 Å². The van der Waals surface area contributed by atoms with E-state index in [-0.39, 0.29) is 42.2 Å². The fraction of sp³-hybridized carbons (Fsp3) is 0.714. The first kappa shape index (κ1) is 18.5. The zero-order valence-electron chi connectivity index (χ0n) is 15.7. The lowest BCUT2D eigenvalue weighted by Crippen LogP contribution is -2.57. The van der Waals surface area contributed by atoms with Gasteiger partial charge in [-0.25, -0.2) is 9.18 Å². The Labute approximate surface area is 157 Å². The molecule has 3 saturated carbocycles. The third kappa shape index (κ3) is 2.41. The standard InChI is InChI=1S/C21H25FO5/c1-20-6-5-10(23)7-14(20)15(22)8-11-12-3-4-13(18(25)19(26)27)21(12,2)9-16(24)17(11)20/h7,11-13,15,17H,3-6,8-9H2,1-2H3,(H,26,27)/t11-,12-,13+,15?,17+,20-,21-/m0/s1. The fourth-order valence-electron chi connectivity index (χ4n) is 6.97. The summed E-state index contributed by atoms with van der Waals surface area (Å²) in [7, 11) is 0. The summed E-state index contributed by atoms with van der Waals surface area (Å²) in [5.41, 5.74) is -0.896. The van der Waals surface area contributed by atoms with Crippen LogP contribution in [0.1, 0.15) is 52.4 Å². The van der Waals surface area contributed by atoms with Gasteiger partial charge in [0.25, 0.3) is 0 Å². The van der Waals surface area contributed by atoms with Gasteiger partial charge in [0.15, 0.2) is 5.78 Å². The van der Waals surface area contributed by atoms with E-state index < -0.39 is 34.7 Å². The minimum absolute atomic E-state index is 0.00140. The zero-order valence-corrected chi connectivity index (χ0v) is 15.7. The summed E-state index contributed by atoms with van der Waals surface area (Å²) in [6.07, 6.45) is 2.39. The Kier molecular flexibility index (Phi) is 3.99. The predicted octanol–water partition coefficient (Wildman–Crippen LogP) is 2.92. The molecular weight excluding hydrogens is 351 g/mol. The molecule has 0 amide bonds. The molecule has 0 aromatic carbocycles. The van der Waals surface area contributed by atoms with Gasteiger partial charge in [0, 0.05) is 30.1 Å². The van der Waals surface area contributed by atoms with Crippen LogP contribution in [-0.4, -0.2) is 34.6 Å². The van der Waals surface area contributed by atoms with Crippen LogP contribution in [0.3, 0.4) is 0 Å². The Balaban J connectivity index is 1.75. The number of fused-ring (bicyclic) bond motifs is 5. The molecule has 0 saturated heterocycles. The quantitative estimate of drug-likeness (QED) is 0.749. The number of carboxylic acid groups (broad SMARTS) is 1. The summed E-state index contributed by atoms with van der Waals surface area (Å²) < 4.78 is 15.1. The summed E-state index contributed by atoms with van der Waals surface area (Å²) in [5.74, 6) is -3.62. The third-order valence-electron chi connectivity index (χ3n) is 8.15. The van der Waals surface area contributed by atoms with E-state index in [0.29, 0.717) is 31.3 Å². The number of halogens is 1. The number of carboxylic acids is 1. The van der Waals surface area contributed by atoms with Crippen LogP contribution >= 0.6 is 0 Å². The molecule has 27 heavy (non-hydrogen) atoms. The molecule has 146 valence electrons. The van der Waals surface area contributed by atoms with E-state index in [9.17, 15) is 24.3 Å². The summed E-state index contributed by atoms with van der Waals surface area (Å²) in [6, 6.07) is 0. The van der Waals surface area contributed by atoms with E-state index in [1.807, 2.05) is 13.8 Å². The van der Waals surface area contributed by atoms with Crippen LogP contribution < -0.4 is 0 Å². The van der Waals surface area contributed by atoms with Crippen LogP contribution in [0.15, 0.2) is 11.6 Å². The number of hydrogen-bond donors (Lipinski definition) is 1. The van der Waals surface area contributed by atoms with Gasteiger partial charge in [0.2, 0.25) is 5.78 Å². The monoisotopic (exact) mass is 376 g/mol. The van der Waals surface area contributed by atoms with Crippen LogP contribution in [0.25, 0.3) is 0 Å². The van der Waals surface area contributed by atoms with E-state index in [2.05, 4.69) is 0 Å². The van der Waals surface area contributed by atoms with Gasteiger partial charge in [0.1, 0.15) is 12.0 Å². The Bertz CT molecular complexity index is 785. The number of allylic oxidation sites excluding steroid dienone is 1. The lowest BCUT2D eigenvalue weighted by molar-refractivity contribution is -0.158. The molecule has 0 radical (unpaired) electrons. The topological polar surface area (TPSA) is 88.5 Å². The van der Waals surface area contributed by atoms with Gasteiger partial charge in [0.05, 0.1) is 0 Å². The number of hydrogen-bond acceptors (Lipinski definition) is 4.